The molecule has 6 rings (SSSR count). The Morgan fingerprint density at radius 1 is 1.17 bits per heavy atom. The number of amidine groups is 1. The number of rotatable bonds is 11. The Morgan fingerprint density at radius 3 is 2.80 bits per heavy atom. The quantitative estimate of drug-likeness (QED) is 0.158. The molecule has 0 amide bonds. The molecule has 3 aliphatic heterocycles. The smallest absolute Gasteiger partial charge is 0.330 e. The van der Waals surface area contributed by atoms with E-state index in [4.69, 9.17) is 23.9 Å². The molecule has 3 aliphatic rings. The topological polar surface area (TPSA) is 98.4 Å². The predicted octanol–water partition coefficient (Wildman–Crippen LogP) is 5.39. The Kier molecular flexibility index (Phi) is 9.74. The van der Waals surface area contributed by atoms with E-state index in [1.54, 1.807) is 25.3 Å². The lowest BCUT2D eigenvalue weighted by molar-refractivity contribution is -0.306. The highest BCUT2D eigenvalue weighted by Crippen LogP contribution is 2.36. The minimum atomic E-state index is -0.786. The number of hydrogen-bond donors (Lipinski definition) is 0. The molecule has 10 nitrogen and oxygen atoms in total. The Morgan fingerprint density at radius 2 is 2.04 bits per heavy atom. The number of ether oxygens (including phenoxy) is 4. The lowest BCUT2D eigenvalue weighted by Crippen LogP contribution is -2.47. The first-order valence-electron chi connectivity index (χ1n) is 15.5. The van der Waals surface area contributed by atoms with Crippen LogP contribution in [0.1, 0.15) is 44.5 Å². The van der Waals surface area contributed by atoms with Gasteiger partial charge in [-0.1, -0.05) is 6.07 Å². The average Bonchev–Trinajstić information content (AvgIpc) is 3.35. The van der Waals surface area contributed by atoms with Gasteiger partial charge < -0.3 is 18.9 Å². The number of carbonyl (C=O) groups excluding carboxylic acids is 1. The largest absolute Gasteiger partial charge is 0.483 e. The van der Waals surface area contributed by atoms with Crippen molar-refractivity contribution in [2.75, 3.05) is 26.3 Å². The minimum Gasteiger partial charge on any atom is -0.483 e. The summed E-state index contributed by atoms with van der Waals surface area (Å²) in [6.07, 6.45) is 9.37. The number of nitrogens with zero attached hydrogens (tertiary/aromatic N) is 5. The standard InChI is InChI=1S/C34H36F2N5O5/c1-3-43-34(42)9-5-23-4-7-28-29(17-23)41(19-26-12-15-44-26)32(38-28)20-40-14-11-25(16-22(40)2)46-33-10-13-37-31(39-33)21-45-30-8-6-24(35)18-27(30)36/h4-10,13,17-19,22,25-26H,3,11-12,14-16,20-21H2,1-2H3/q+1/b9-5+,41-19-/t22-,25?,26-/m0/s1. The second kappa shape index (κ2) is 14.3. The van der Waals surface area contributed by atoms with Gasteiger partial charge in [-0.3, -0.25) is 4.90 Å². The fraction of sp³-hybridized carbons (Fsp3) is 0.382. The van der Waals surface area contributed by atoms with Crippen molar-refractivity contribution in [3.63, 3.8) is 0 Å². The number of benzene rings is 2. The molecular formula is C34H36F2N5O5+. The van der Waals surface area contributed by atoms with Crippen LogP contribution >= 0.6 is 0 Å². The first-order chi connectivity index (χ1) is 22.3. The zero-order valence-corrected chi connectivity index (χ0v) is 25.8. The van der Waals surface area contributed by atoms with Crippen LogP contribution in [0.5, 0.6) is 11.6 Å². The van der Waals surface area contributed by atoms with Gasteiger partial charge in [0.2, 0.25) is 11.6 Å². The van der Waals surface area contributed by atoms with Gasteiger partial charge in [-0.05, 0) is 67.6 Å². The minimum absolute atomic E-state index is 0.0318. The highest BCUT2D eigenvalue weighted by molar-refractivity contribution is 5.93. The number of fused-ring (bicyclic) bond motifs is 1. The molecule has 0 aliphatic carbocycles. The number of esters is 1. The third kappa shape index (κ3) is 7.63. The summed E-state index contributed by atoms with van der Waals surface area (Å²) < 4.78 is 51.6. The number of aromatic nitrogens is 2. The molecule has 0 spiro atoms. The molecule has 4 heterocycles. The zero-order chi connectivity index (χ0) is 32.0. The molecule has 0 saturated carbocycles. The van der Waals surface area contributed by atoms with Gasteiger partial charge in [0.05, 0.1) is 13.2 Å². The van der Waals surface area contributed by atoms with Crippen LogP contribution in [0.3, 0.4) is 0 Å². The lowest BCUT2D eigenvalue weighted by Gasteiger charge is -2.36. The number of piperidine rings is 1. The van der Waals surface area contributed by atoms with Crippen molar-refractivity contribution >= 4 is 35.5 Å². The molecule has 2 saturated heterocycles. The summed E-state index contributed by atoms with van der Waals surface area (Å²) >= 11 is 0. The van der Waals surface area contributed by atoms with E-state index in [1.807, 2.05) is 18.2 Å². The van der Waals surface area contributed by atoms with Gasteiger partial charge in [0.1, 0.15) is 37.4 Å². The maximum atomic E-state index is 13.9. The number of aliphatic imine (C=N–C) groups is 1. The van der Waals surface area contributed by atoms with E-state index in [1.165, 1.54) is 12.1 Å². The van der Waals surface area contributed by atoms with Gasteiger partial charge in [-0.2, -0.15) is 9.56 Å². The van der Waals surface area contributed by atoms with Crippen molar-refractivity contribution in [2.24, 2.45) is 4.99 Å². The van der Waals surface area contributed by atoms with E-state index in [0.29, 0.717) is 24.9 Å². The SMILES string of the molecule is CCOC(=O)/C=C/c1ccc2c(c1)/[N+](=C/[C@@H]1CCO1)C(CN1CCC(Oc3ccnc(COc4ccc(F)cc4F)n3)C[C@@H]1C)=N2. The summed E-state index contributed by atoms with van der Waals surface area (Å²) in [6, 6.07) is 11.0. The molecule has 1 unspecified atom stereocenters. The van der Waals surface area contributed by atoms with Crippen LogP contribution in [0.2, 0.25) is 0 Å². The molecular weight excluding hydrogens is 596 g/mol. The zero-order valence-electron chi connectivity index (χ0n) is 25.8. The summed E-state index contributed by atoms with van der Waals surface area (Å²) in [5.74, 6) is -0.240. The third-order valence-electron chi connectivity index (χ3n) is 8.06. The maximum absolute atomic E-state index is 13.9. The highest BCUT2D eigenvalue weighted by atomic mass is 19.1. The number of halogens is 2. The third-order valence-corrected chi connectivity index (χ3v) is 8.06. The Hall–Kier alpha value is -4.55. The second-order valence-electron chi connectivity index (χ2n) is 11.3. The monoisotopic (exact) mass is 632 g/mol. The van der Waals surface area contributed by atoms with Crippen LogP contribution in [0.15, 0.2) is 59.7 Å². The van der Waals surface area contributed by atoms with Gasteiger partial charge in [-0.15, -0.1) is 0 Å². The molecule has 0 bridgehead atoms. The normalized spacial score (nSPS) is 22.0. The van der Waals surface area contributed by atoms with E-state index in [0.717, 1.165) is 67.3 Å². The molecule has 2 fully saturated rings. The molecule has 2 aromatic carbocycles. The number of hydrogen-bond acceptors (Lipinski definition) is 9. The summed E-state index contributed by atoms with van der Waals surface area (Å²) in [6.45, 7) is 6.40. The van der Waals surface area contributed by atoms with Crippen LogP contribution in [-0.2, 0) is 20.9 Å². The molecule has 3 aromatic rings. The molecule has 3 atom stereocenters. The highest BCUT2D eigenvalue weighted by Gasteiger charge is 2.36. The van der Waals surface area contributed by atoms with Crippen LogP contribution < -0.4 is 9.47 Å². The van der Waals surface area contributed by atoms with Crippen molar-refractivity contribution in [3.8, 4) is 11.6 Å². The summed E-state index contributed by atoms with van der Waals surface area (Å²) in [4.78, 5) is 27.8. The Balaban J connectivity index is 1.07. The van der Waals surface area contributed by atoms with Gasteiger partial charge in [0.25, 0.3) is 0 Å². The van der Waals surface area contributed by atoms with Crippen molar-refractivity contribution < 1.29 is 37.1 Å². The molecule has 46 heavy (non-hydrogen) atoms. The van der Waals surface area contributed by atoms with Crippen molar-refractivity contribution in [1.29, 1.82) is 0 Å². The molecule has 1 aromatic heterocycles. The van der Waals surface area contributed by atoms with E-state index in [9.17, 15) is 13.6 Å². The number of carbonyl (C=O) groups is 1. The predicted molar refractivity (Wildman–Crippen MR) is 167 cm³/mol. The Bertz CT molecular complexity index is 1680. The van der Waals surface area contributed by atoms with Gasteiger partial charge in [-0.25, -0.2) is 18.6 Å². The number of likely N-dealkylation sites (tertiary alicyclic amines) is 1. The Labute approximate surface area is 266 Å². The second-order valence-corrected chi connectivity index (χ2v) is 11.3. The van der Waals surface area contributed by atoms with Crippen molar-refractivity contribution in [3.05, 3.63) is 77.8 Å². The van der Waals surface area contributed by atoms with Gasteiger partial charge in [0.15, 0.2) is 23.1 Å². The van der Waals surface area contributed by atoms with Crippen LogP contribution in [-0.4, -0.2) is 82.0 Å². The molecule has 0 N–H and O–H groups in total. The van der Waals surface area contributed by atoms with E-state index in [-0.39, 0.29) is 36.6 Å². The van der Waals surface area contributed by atoms with E-state index < -0.39 is 11.6 Å². The molecule has 240 valence electrons. The van der Waals surface area contributed by atoms with Crippen LogP contribution in [0.4, 0.5) is 20.2 Å². The summed E-state index contributed by atoms with van der Waals surface area (Å²) in [5.41, 5.74) is 2.70. The van der Waals surface area contributed by atoms with Crippen molar-refractivity contribution in [2.45, 2.75) is 58.0 Å². The maximum Gasteiger partial charge on any atom is 0.330 e. The van der Waals surface area contributed by atoms with Gasteiger partial charge >= 0.3 is 11.8 Å². The fourth-order valence-electron chi connectivity index (χ4n) is 5.56. The van der Waals surface area contributed by atoms with E-state index >= 15 is 0 Å². The van der Waals surface area contributed by atoms with Crippen LogP contribution in [0, 0.1) is 11.6 Å². The van der Waals surface area contributed by atoms with Crippen LogP contribution in [0.25, 0.3) is 6.08 Å². The lowest BCUT2D eigenvalue weighted by atomic mass is 10.0. The van der Waals surface area contributed by atoms with E-state index in [2.05, 4.69) is 32.6 Å². The molecule has 0 radical (unpaired) electrons. The first-order valence-corrected chi connectivity index (χ1v) is 15.5. The average molecular weight is 633 g/mol. The fourth-order valence-corrected chi connectivity index (χ4v) is 5.56. The summed E-state index contributed by atoms with van der Waals surface area (Å²) in [7, 11) is 0. The van der Waals surface area contributed by atoms with Crippen molar-refractivity contribution in [1.82, 2.24) is 14.9 Å². The van der Waals surface area contributed by atoms with Gasteiger partial charge in [0, 0.05) is 43.4 Å². The summed E-state index contributed by atoms with van der Waals surface area (Å²) in [5, 5.41) is 0. The molecule has 12 heteroatoms. The first kappa shape index (κ1) is 31.4.